The number of amides is 1. The van der Waals surface area contributed by atoms with Gasteiger partial charge in [-0.25, -0.2) is 9.97 Å². The standard InChI is InChI=1S/C21H27N3O3/c1-3-6-20-19(12-22-15-23-20)21(25)24-10-5-7-16(13-24)14-27-18-9-4-8-17(11-18)26-2/h4,8-9,11-12,15-16H,3,5-7,10,13-14H2,1-2H3. The fraction of sp³-hybridized carbons (Fsp3) is 0.476. The van der Waals surface area contributed by atoms with E-state index in [1.165, 1.54) is 6.33 Å². The Morgan fingerprint density at radius 3 is 3.00 bits per heavy atom. The fourth-order valence-electron chi connectivity index (χ4n) is 3.43. The zero-order valence-electron chi connectivity index (χ0n) is 16.1. The molecule has 2 aromatic rings. The molecule has 1 aromatic carbocycles. The molecule has 1 aliphatic rings. The number of aromatic nitrogens is 2. The van der Waals surface area contributed by atoms with E-state index in [4.69, 9.17) is 9.47 Å². The van der Waals surface area contributed by atoms with Crippen molar-refractivity contribution in [1.29, 1.82) is 0 Å². The van der Waals surface area contributed by atoms with Crippen molar-refractivity contribution in [2.75, 3.05) is 26.8 Å². The van der Waals surface area contributed by atoms with Crippen molar-refractivity contribution in [3.63, 3.8) is 0 Å². The maximum absolute atomic E-state index is 13.0. The molecule has 1 fully saturated rings. The molecule has 1 saturated heterocycles. The molecule has 1 atom stereocenters. The zero-order valence-corrected chi connectivity index (χ0v) is 16.1. The quantitative estimate of drug-likeness (QED) is 0.749. The van der Waals surface area contributed by atoms with Crippen molar-refractivity contribution in [3.8, 4) is 11.5 Å². The van der Waals surface area contributed by atoms with E-state index in [0.717, 1.165) is 49.4 Å². The van der Waals surface area contributed by atoms with Gasteiger partial charge in [-0.3, -0.25) is 4.79 Å². The molecule has 144 valence electrons. The smallest absolute Gasteiger partial charge is 0.257 e. The van der Waals surface area contributed by atoms with Crippen LogP contribution in [0.4, 0.5) is 0 Å². The number of piperidine rings is 1. The first-order valence-electron chi connectivity index (χ1n) is 9.56. The van der Waals surface area contributed by atoms with Gasteiger partial charge in [0.25, 0.3) is 5.91 Å². The van der Waals surface area contributed by atoms with Gasteiger partial charge in [0, 0.05) is 31.3 Å². The average Bonchev–Trinajstić information content (AvgIpc) is 2.73. The SMILES string of the molecule is CCCc1ncncc1C(=O)N1CCCC(COc2cccc(OC)c2)C1. The molecule has 27 heavy (non-hydrogen) atoms. The van der Waals surface area contributed by atoms with Crippen molar-refractivity contribution in [2.45, 2.75) is 32.6 Å². The number of aryl methyl sites for hydroxylation is 1. The number of hydrogen-bond donors (Lipinski definition) is 0. The van der Waals surface area contributed by atoms with Gasteiger partial charge in [-0.15, -0.1) is 0 Å². The monoisotopic (exact) mass is 369 g/mol. The zero-order chi connectivity index (χ0) is 19.1. The van der Waals surface area contributed by atoms with E-state index >= 15 is 0 Å². The number of hydrogen-bond acceptors (Lipinski definition) is 5. The lowest BCUT2D eigenvalue weighted by molar-refractivity contribution is 0.0631. The largest absolute Gasteiger partial charge is 0.497 e. The van der Waals surface area contributed by atoms with E-state index in [1.807, 2.05) is 29.2 Å². The second-order valence-electron chi connectivity index (χ2n) is 6.88. The lowest BCUT2D eigenvalue weighted by Gasteiger charge is -2.33. The number of benzene rings is 1. The maximum atomic E-state index is 13.0. The van der Waals surface area contributed by atoms with Crippen LogP contribution in [0.1, 0.15) is 42.2 Å². The third kappa shape index (κ3) is 4.96. The van der Waals surface area contributed by atoms with E-state index < -0.39 is 0 Å². The lowest BCUT2D eigenvalue weighted by atomic mass is 9.98. The summed E-state index contributed by atoms with van der Waals surface area (Å²) in [5, 5.41) is 0. The predicted octanol–water partition coefficient (Wildman–Crippen LogP) is 3.37. The minimum atomic E-state index is 0.0325. The Hall–Kier alpha value is -2.63. The summed E-state index contributed by atoms with van der Waals surface area (Å²) in [7, 11) is 1.64. The third-order valence-electron chi connectivity index (χ3n) is 4.85. The van der Waals surface area contributed by atoms with E-state index in [9.17, 15) is 4.79 Å². The number of likely N-dealkylation sites (tertiary alicyclic amines) is 1. The molecular weight excluding hydrogens is 342 g/mol. The minimum Gasteiger partial charge on any atom is -0.497 e. The first kappa shape index (κ1) is 19.1. The summed E-state index contributed by atoms with van der Waals surface area (Å²) < 4.78 is 11.2. The molecule has 1 aromatic heterocycles. The Morgan fingerprint density at radius 1 is 1.33 bits per heavy atom. The van der Waals surface area contributed by atoms with E-state index in [0.29, 0.717) is 24.6 Å². The predicted molar refractivity (Wildman–Crippen MR) is 103 cm³/mol. The fourth-order valence-corrected chi connectivity index (χ4v) is 3.43. The second kappa shape index (κ2) is 9.35. The number of methoxy groups -OCH3 is 1. The summed E-state index contributed by atoms with van der Waals surface area (Å²) in [6.45, 7) is 4.14. The molecule has 0 aliphatic carbocycles. The summed E-state index contributed by atoms with van der Waals surface area (Å²) in [6, 6.07) is 7.61. The highest BCUT2D eigenvalue weighted by Crippen LogP contribution is 2.23. The minimum absolute atomic E-state index is 0.0325. The van der Waals surface area contributed by atoms with Crippen LogP contribution in [0.5, 0.6) is 11.5 Å². The van der Waals surface area contributed by atoms with Crippen LogP contribution in [0, 0.1) is 5.92 Å². The summed E-state index contributed by atoms with van der Waals surface area (Å²) in [4.78, 5) is 23.3. The van der Waals surface area contributed by atoms with Crippen LogP contribution >= 0.6 is 0 Å². The second-order valence-corrected chi connectivity index (χ2v) is 6.88. The Morgan fingerprint density at radius 2 is 2.19 bits per heavy atom. The van der Waals surface area contributed by atoms with Gasteiger partial charge in [0.15, 0.2) is 0 Å². The highest BCUT2D eigenvalue weighted by Gasteiger charge is 2.26. The first-order chi connectivity index (χ1) is 13.2. The molecule has 1 aliphatic heterocycles. The summed E-state index contributed by atoms with van der Waals surface area (Å²) >= 11 is 0. The van der Waals surface area contributed by atoms with Crippen LogP contribution in [0.15, 0.2) is 36.8 Å². The molecule has 6 heteroatoms. The van der Waals surface area contributed by atoms with Crippen LogP contribution < -0.4 is 9.47 Å². The number of carbonyl (C=O) groups is 1. The summed E-state index contributed by atoms with van der Waals surface area (Å²) in [6.07, 6.45) is 6.95. The van der Waals surface area contributed by atoms with Crippen molar-refractivity contribution in [2.24, 2.45) is 5.92 Å². The molecule has 3 rings (SSSR count). The van der Waals surface area contributed by atoms with Crippen LogP contribution in [0.3, 0.4) is 0 Å². The van der Waals surface area contributed by atoms with Gasteiger partial charge in [0.2, 0.25) is 0 Å². The molecule has 0 saturated carbocycles. The molecule has 0 bridgehead atoms. The van der Waals surface area contributed by atoms with E-state index in [-0.39, 0.29) is 5.91 Å². The maximum Gasteiger partial charge on any atom is 0.257 e. The van der Waals surface area contributed by atoms with Crippen LogP contribution in [-0.4, -0.2) is 47.6 Å². The van der Waals surface area contributed by atoms with Gasteiger partial charge in [-0.05, 0) is 31.4 Å². The average molecular weight is 369 g/mol. The summed E-state index contributed by atoms with van der Waals surface area (Å²) in [5.74, 6) is 1.92. The van der Waals surface area contributed by atoms with Gasteiger partial charge in [0.05, 0.1) is 25.0 Å². The van der Waals surface area contributed by atoms with Crippen molar-refractivity contribution in [1.82, 2.24) is 14.9 Å². The first-order valence-corrected chi connectivity index (χ1v) is 9.56. The Kier molecular flexibility index (Phi) is 6.63. The Bertz CT molecular complexity index is 766. The Labute approximate surface area is 160 Å². The molecule has 1 amide bonds. The van der Waals surface area contributed by atoms with Crippen LogP contribution in [0.25, 0.3) is 0 Å². The molecule has 0 radical (unpaired) electrons. The van der Waals surface area contributed by atoms with Gasteiger partial charge >= 0.3 is 0 Å². The normalized spacial score (nSPS) is 16.8. The molecule has 6 nitrogen and oxygen atoms in total. The van der Waals surface area contributed by atoms with Crippen molar-refractivity contribution < 1.29 is 14.3 Å². The van der Waals surface area contributed by atoms with Crippen molar-refractivity contribution >= 4 is 5.91 Å². The highest BCUT2D eigenvalue weighted by molar-refractivity contribution is 5.95. The van der Waals surface area contributed by atoms with Crippen molar-refractivity contribution in [3.05, 3.63) is 48.0 Å². The van der Waals surface area contributed by atoms with Crippen LogP contribution in [0.2, 0.25) is 0 Å². The van der Waals surface area contributed by atoms with E-state index in [1.54, 1.807) is 13.3 Å². The number of carbonyl (C=O) groups excluding carboxylic acids is 1. The molecular formula is C21H27N3O3. The van der Waals surface area contributed by atoms with Gasteiger partial charge < -0.3 is 14.4 Å². The molecule has 2 heterocycles. The molecule has 0 spiro atoms. The topological polar surface area (TPSA) is 64.6 Å². The van der Waals surface area contributed by atoms with Crippen LogP contribution in [-0.2, 0) is 6.42 Å². The third-order valence-corrected chi connectivity index (χ3v) is 4.85. The number of ether oxygens (including phenoxy) is 2. The van der Waals surface area contributed by atoms with E-state index in [2.05, 4.69) is 16.9 Å². The van der Waals surface area contributed by atoms with Gasteiger partial charge in [-0.2, -0.15) is 0 Å². The summed E-state index contributed by atoms with van der Waals surface area (Å²) in [5.41, 5.74) is 1.47. The molecule has 1 unspecified atom stereocenters. The van der Waals surface area contributed by atoms with Gasteiger partial charge in [0.1, 0.15) is 17.8 Å². The highest BCUT2D eigenvalue weighted by atomic mass is 16.5. The molecule has 0 N–H and O–H groups in total. The lowest BCUT2D eigenvalue weighted by Crippen LogP contribution is -2.42. The Balaban J connectivity index is 1.61. The number of nitrogens with zero attached hydrogens (tertiary/aromatic N) is 3. The van der Waals surface area contributed by atoms with Gasteiger partial charge in [-0.1, -0.05) is 19.4 Å². The number of rotatable bonds is 7.